The molecule has 0 unspecified atom stereocenters. The second kappa shape index (κ2) is 5.14. The van der Waals surface area contributed by atoms with Gasteiger partial charge in [-0.2, -0.15) is 0 Å². The van der Waals surface area contributed by atoms with Gasteiger partial charge in [-0.3, -0.25) is 0 Å². The molecular weight excluding hydrogens is 228 g/mol. The first kappa shape index (κ1) is 11.9. The molecule has 0 aliphatic heterocycles. The molecule has 1 aromatic carbocycles. The maximum atomic E-state index is 10.8. The first-order valence-corrected chi connectivity index (χ1v) is 5.39. The fraction of sp³-hybridized carbons (Fsp3) is 0. The second-order valence-electron chi connectivity index (χ2n) is 3.75. The van der Waals surface area contributed by atoms with Crippen LogP contribution in [0.15, 0.2) is 42.5 Å². The van der Waals surface area contributed by atoms with Gasteiger partial charge in [-0.15, -0.1) is 0 Å². The molecule has 0 fully saturated rings. The molecule has 90 valence electrons. The van der Waals surface area contributed by atoms with Crippen LogP contribution in [-0.4, -0.2) is 16.1 Å². The lowest BCUT2D eigenvalue weighted by Crippen LogP contribution is -2.00. The summed E-state index contributed by atoms with van der Waals surface area (Å²) in [6.45, 7) is 0. The van der Waals surface area contributed by atoms with E-state index in [1.54, 1.807) is 30.3 Å². The van der Waals surface area contributed by atoms with Gasteiger partial charge in [0.25, 0.3) is 0 Å². The van der Waals surface area contributed by atoms with E-state index < -0.39 is 5.97 Å². The summed E-state index contributed by atoms with van der Waals surface area (Å²) in [5.41, 5.74) is 7.91. The van der Waals surface area contributed by atoms with E-state index in [2.05, 4.69) is 4.98 Å². The van der Waals surface area contributed by atoms with Crippen molar-refractivity contribution in [2.75, 3.05) is 5.73 Å². The number of hydrogen-bond donors (Lipinski definition) is 2. The van der Waals surface area contributed by atoms with Crippen molar-refractivity contribution in [1.82, 2.24) is 4.98 Å². The highest BCUT2D eigenvalue weighted by molar-refractivity contribution is 5.85. The number of hydrogen-bond acceptors (Lipinski definition) is 3. The van der Waals surface area contributed by atoms with Gasteiger partial charge >= 0.3 is 5.97 Å². The Hall–Kier alpha value is -2.62. The molecule has 4 nitrogen and oxygen atoms in total. The van der Waals surface area contributed by atoms with Crippen LogP contribution in [0.3, 0.4) is 0 Å². The number of nitrogen functional groups attached to an aromatic ring is 1. The zero-order chi connectivity index (χ0) is 13.0. The number of carbonyl (C=O) groups is 1. The van der Waals surface area contributed by atoms with Crippen molar-refractivity contribution in [3.8, 4) is 0 Å². The van der Waals surface area contributed by atoms with E-state index >= 15 is 0 Å². The molecule has 0 atom stereocenters. The number of anilines is 1. The quantitative estimate of drug-likeness (QED) is 0.808. The van der Waals surface area contributed by atoms with E-state index in [-0.39, 0.29) is 5.69 Å². The van der Waals surface area contributed by atoms with Crippen LogP contribution in [0.25, 0.3) is 12.2 Å². The number of pyridine rings is 1. The Morgan fingerprint density at radius 2 is 1.83 bits per heavy atom. The molecule has 1 heterocycles. The van der Waals surface area contributed by atoms with Crippen molar-refractivity contribution in [2.45, 2.75) is 0 Å². The summed E-state index contributed by atoms with van der Waals surface area (Å²) in [4.78, 5) is 14.8. The SMILES string of the molecule is Nc1ccc(C=Cc2cccc(C(=O)O)n2)cc1. The third kappa shape index (κ3) is 2.95. The minimum absolute atomic E-state index is 0.0365. The van der Waals surface area contributed by atoms with Gasteiger partial charge in [-0.05, 0) is 35.9 Å². The largest absolute Gasteiger partial charge is 0.477 e. The molecule has 3 N–H and O–H groups in total. The smallest absolute Gasteiger partial charge is 0.354 e. The van der Waals surface area contributed by atoms with Crippen molar-refractivity contribution >= 4 is 23.8 Å². The molecule has 2 aromatic rings. The topological polar surface area (TPSA) is 76.2 Å². The molecule has 0 amide bonds. The first-order chi connectivity index (χ1) is 8.65. The Morgan fingerprint density at radius 1 is 1.11 bits per heavy atom. The van der Waals surface area contributed by atoms with Gasteiger partial charge < -0.3 is 10.8 Å². The molecule has 2 rings (SSSR count). The maximum absolute atomic E-state index is 10.8. The van der Waals surface area contributed by atoms with Crippen LogP contribution in [0.5, 0.6) is 0 Å². The number of nitrogens with two attached hydrogens (primary N) is 1. The van der Waals surface area contributed by atoms with Crippen molar-refractivity contribution in [2.24, 2.45) is 0 Å². The molecule has 0 saturated carbocycles. The van der Waals surface area contributed by atoms with Crippen LogP contribution in [0, 0.1) is 0 Å². The summed E-state index contributed by atoms with van der Waals surface area (Å²) in [5.74, 6) is -1.03. The van der Waals surface area contributed by atoms with Crippen LogP contribution in [0.2, 0.25) is 0 Å². The Labute approximate surface area is 104 Å². The van der Waals surface area contributed by atoms with Gasteiger partial charge in [0.05, 0.1) is 5.69 Å². The van der Waals surface area contributed by atoms with Gasteiger partial charge in [0.15, 0.2) is 0 Å². The maximum Gasteiger partial charge on any atom is 0.354 e. The number of carboxylic acid groups (broad SMARTS) is 1. The van der Waals surface area contributed by atoms with Crippen LogP contribution >= 0.6 is 0 Å². The number of benzene rings is 1. The van der Waals surface area contributed by atoms with Crippen LogP contribution in [0.4, 0.5) is 5.69 Å². The lowest BCUT2D eigenvalue weighted by molar-refractivity contribution is 0.0690. The minimum atomic E-state index is -1.03. The summed E-state index contributed by atoms with van der Waals surface area (Å²) in [7, 11) is 0. The highest BCUT2D eigenvalue weighted by Gasteiger charge is 2.02. The fourth-order valence-corrected chi connectivity index (χ4v) is 1.45. The molecule has 0 saturated heterocycles. The van der Waals surface area contributed by atoms with Gasteiger partial charge in [0, 0.05) is 5.69 Å². The van der Waals surface area contributed by atoms with E-state index in [1.807, 2.05) is 18.2 Å². The molecule has 0 spiro atoms. The highest BCUT2D eigenvalue weighted by Crippen LogP contribution is 2.10. The molecule has 0 aliphatic carbocycles. The average Bonchev–Trinajstić information content (AvgIpc) is 2.38. The van der Waals surface area contributed by atoms with Crippen molar-refractivity contribution in [3.63, 3.8) is 0 Å². The third-order valence-corrected chi connectivity index (χ3v) is 2.37. The van der Waals surface area contributed by atoms with Crippen molar-refractivity contribution < 1.29 is 9.90 Å². The number of carboxylic acids is 1. The molecule has 1 aromatic heterocycles. The summed E-state index contributed by atoms with van der Waals surface area (Å²) in [5, 5.41) is 8.82. The minimum Gasteiger partial charge on any atom is -0.477 e. The van der Waals surface area contributed by atoms with Crippen molar-refractivity contribution in [3.05, 3.63) is 59.4 Å². The van der Waals surface area contributed by atoms with E-state index in [9.17, 15) is 4.79 Å². The Balaban J connectivity index is 2.20. The molecule has 4 heteroatoms. The molecule has 0 bridgehead atoms. The second-order valence-corrected chi connectivity index (χ2v) is 3.75. The normalized spacial score (nSPS) is 10.7. The third-order valence-electron chi connectivity index (χ3n) is 2.37. The van der Waals surface area contributed by atoms with Gasteiger partial charge in [-0.1, -0.05) is 24.3 Å². The highest BCUT2D eigenvalue weighted by atomic mass is 16.4. The van der Waals surface area contributed by atoms with E-state index in [1.165, 1.54) is 6.07 Å². The fourth-order valence-electron chi connectivity index (χ4n) is 1.45. The summed E-state index contributed by atoms with van der Waals surface area (Å²) < 4.78 is 0. The predicted molar refractivity (Wildman–Crippen MR) is 71.0 cm³/mol. The summed E-state index contributed by atoms with van der Waals surface area (Å²) in [6, 6.07) is 12.3. The Kier molecular flexibility index (Phi) is 3.38. The standard InChI is InChI=1S/C14H12N2O2/c15-11-7-4-10(5-8-11)6-9-12-2-1-3-13(16-12)14(17)18/h1-9H,15H2,(H,17,18). The predicted octanol–water partition coefficient (Wildman–Crippen LogP) is 2.53. The lowest BCUT2D eigenvalue weighted by Gasteiger charge is -1.97. The number of nitrogens with zero attached hydrogens (tertiary/aromatic N) is 1. The lowest BCUT2D eigenvalue weighted by atomic mass is 10.2. The van der Waals surface area contributed by atoms with Crippen LogP contribution in [-0.2, 0) is 0 Å². The average molecular weight is 240 g/mol. The van der Waals surface area contributed by atoms with Crippen molar-refractivity contribution in [1.29, 1.82) is 0 Å². The first-order valence-electron chi connectivity index (χ1n) is 5.39. The molecular formula is C14H12N2O2. The monoisotopic (exact) mass is 240 g/mol. The van der Waals surface area contributed by atoms with Gasteiger partial charge in [0.2, 0.25) is 0 Å². The van der Waals surface area contributed by atoms with E-state index in [4.69, 9.17) is 10.8 Å². The zero-order valence-corrected chi connectivity index (χ0v) is 9.58. The summed E-state index contributed by atoms with van der Waals surface area (Å²) >= 11 is 0. The Bertz CT molecular complexity index is 589. The molecule has 0 radical (unpaired) electrons. The van der Waals surface area contributed by atoms with E-state index in [0.717, 1.165) is 5.56 Å². The number of aromatic carboxylic acids is 1. The molecule has 18 heavy (non-hydrogen) atoms. The molecule has 0 aliphatic rings. The van der Waals surface area contributed by atoms with Crippen LogP contribution < -0.4 is 5.73 Å². The number of aromatic nitrogens is 1. The van der Waals surface area contributed by atoms with Gasteiger partial charge in [0.1, 0.15) is 5.69 Å². The van der Waals surface area contributed by atoms with Gasteiger partial charge in [-0.25, -0.2) is 9.78 Å². The number of rotatable bonds is 3. The van der Waals surface area contributed by atoms with E-state index in [0.29, 0.717) is 11.4 Å². The zero-order valence-electron chi connectivity index (χ0n) is 9.58. The Morgan fingerprint density at radius 3 is 2.50 bits per heavy atom. The summed E-state index contributed by atoms with van der Waals surface area (Å²) in [6.07, 6.45) is 3.62. The van der Waals surface area contributed by atoms with Crippen LogP contribution in [0.1, 0.15) is 21.7 Å².